The predicted octanol–water partition coefficient (Wildman–Crippen LogP) is 3.15. The smallest absolute Gasteiger partial charge is 0.410 e. The van der Waals surface area contributed by atoms with Crippen LogP contribution in [0.15, 0.2) is 40.5 Å². The predicted molar refractivity (Wildman–Crippen MR) is 80.5 cm³/mol. The zero-order valence-corrected chi connectivity index (χ0v) is 12.7. The van der Waals surface area contributed by atoms with Crippen molar-refractivity contribution in [3.05, 3.63) is 40.5 Å². The van der Waals surface area contributed by atoms with E-state index in [2.05, 4.69) is 32.2 Å². The van der Waals surface area contributed by atoms with E-state index in [1.807, 2.05) is 12.1 Å². The molecular formula is C15H17BrN2O2. The van der Waals surface area contributed by atoms with Gasteiger partial charge in [-0.25, -0.2) is 4.79 Å². The van der Waals surface area contributed by atoms with Gasteiger partial charge in [0.15, 0.2) is 0 Å². The molecule has 0 radical (unpaired) electrons. The van der Waals surface area contributed by atoms with E-state index in [0.29, 0.717) is 18.2 Å². The molecule has 3 aliphatic heterocycles. The molecule has 2 bridgehead atoms. The third-order valence-electron chi connectivity index (χ3n) is 3.81. The number of benzene rings is 1. The summed E-state index contributed by atoms with van der Waals surface area (Å²) in [6.07, 6.45) is 4.36. The number of ether oxygens (including phenoxy) is 1. The van der Waals surface area contributed by atoms with E-state index < -0.39 is 6.09 Å². The van der Waals surface area contributed by atoms with Gasteiger partial charge in [0, 0.05) is 23.3 Å². The Hall–Kier alpha value is -1.49. The number of allylic oxidation sites excluding steroid dienone is 1. The van der Waals surface area contributed by atoms with Gasteiger partial charge in [0.1, 0.15) is 5.75 Å². The Bertz CT molecular complexity index is 519. The lowest BCUT2D eigenvalue weighted by Gasteiger charge is -2.40. The molecule has 1 amide bonds. The minimum Gasteiger partial charge on any atom is -0.410 e. The van der Waals surface area contributed by atoms with Gasteiger partial charge in [-0.15, -0.1) is 0 Å². The quantitative estimate of drug-likeness (QED) is 0.921. The molecule has 4 rings (SSSR count). The Balaban J connectivity index is 1.51. The molecule has 1 saturated heterocycles. The molecule has 1 N–H and O–H groups in total. The number of fused-ring (bicyclic) bond motifs is 2. The average Bonchev–Trinajstić information content (AvgIpc) is 2.49. The molecule has 0 saturated carbocycles. The lowest BCUT2D eigenvalue weighted by Crippen LogP contribution is -2.42. The Morgan fingerprint density at radius 2 is 2.00 bits per heavy atom. The van der Waals surface area contributed by atoms with Gasteiger partial charge in [-0.2, -0.15) is 0 Å². The van der Waals surface area contributed by atoms with E-state index in [1.165, 1.54) is 18.5 Å². The molecule has 5 heteroatoms. The number of hydrogen-bond donors (Lipinski definition) is 1. The number of carbonyl (C=O) groups is 1. The molecule has 1 aromatic rings. The Morgan fingerprint density at radius 3 is 2.60 bits per heavy atom. The first-order chi connectivity index (χ1) is 9.70. The van der Waals surface area contributed by atoms with Crippen molar-refractivity contribution in [2.24, 2.45) is 5.92 Å². The van der Waals surface area contributed by atoms with Gasteiger partial charge < -0.3 is 15.0 Å². The summed E-state index contributed by atoms with van der Waals surface area (Å²) in [5.74, 6) is 1.24. The molecule has 1 fully saturated rings. The highest BCUT2D eigenvalue weighted by Crippen LogP contribution is 2.28. The normalized spacial score (nSPS) is 17.9. The zero-order valence-electron chi connectivity index (χ0n) is 11.1. The Labute approximate surface area is 126 Å². The molecule has 106 valence electrons. The molecule has 3 heterocycles. The molecule has 0 atom stereocenters. The van der Waals surface area contributed by atoms with E-state index in [0.717, 1.165) is 17.6 Å². The van der Waals surface area contributed by atoms with Crippen LogP contribution < -0.4 is 10.1 Å². The first-order valence-corrected chi connectivity index (χ1v) is 7.67. The summed E-state index contributed by atoms with van der Waals surface area (Å²) < 4.78 is 6.18. The van der Waals surface area contributed by atoms with E-state index >= 15 is 0 Å². The third kappa shape index (κ3) is 3.15. The summed E-state index contributed by atoms with van der Waals surface area (Å²) >= 11 is 3.34. The molecule has 3 aliphatic rings. The Morgan fingerprint density at radius 1 is 1.30 bits per heavy atom. The SMILES string of the molecule is O=C(NCC1=CC2CCN1CC2)Oc1ccc(Br)cc1. The second-order valence-electron chi connectivity index (χ2n) is 5.18. The number of halogens is 1. The van der Waals surface area contributed by atoms with Crippen LogP contribution in [-0.2, 0) is 0 Å². The monoisotopic (exact) mass is 336 g/mol. The molecule has 0 aliphatic carbocycles. The minimum atomic E-state index is -0.407. The highest BCUT2D eigenvalue weighted by Gasteiger charge is 2.25. The van der Waals surface area contributed by atoms with Crippen LogP contribution in [0.2, 0.25) is 0 Å². The highest BCUT2D eigenvalue weighted by molar-refractivity contribution is 9.10. The molecule has 4 nitrogen and oxygen atoms in total. The van der Waals surface area contributed by atoms with Crippen molar-refractivity contribution in [2.45, 2.75) is 12.8 Å². The van der Waals surface area contributed by atoms with Crippen molar-refractivity contribution in [3.63, 3.8) is 0 Å². The lowest BCUT2D eigenvalue weighted by atomic mass is 9.90. The summed E-state index contributed by atoms with van der Waals surface area (Å²) in [7, 11) is 0. The van der Waals surface area contributed by atoms with Crippen LogP contribution in [0.5, 0.6) is 5.75 Å². The largest absolute Gasteiger partial charge is 0.412 e. The van der Waals surface area contributed by atoms with Crippen molar-refractivity contribution in [3.8, 4) is 5.75 Å². The van der Waals surface area contributed by atoms with Crippen LogP contribution in [0.1, 0.15) is 12.8 Å². The van der Waals surface area contributed by atoms with Crippen LogP contribution in [0.25, 0.3) is 0 Å². The fourth-order valence-corrected chi connectivity index (χ4v) is 2.97. The van der Waals surface area contributed by atoms with E-state index in [-0.39, 0.29) is 0 Å². The van der Waals surface area contributed by atoms with Crippen LogP contribution in [0, 0.1) is 5.92 Å². The number of amides is 1. The summed E-state index contributed by atoms with van der Waals surface area (Å²) in [6.45, 7) is 2.77. The maximum Gasteiger partial charge on any atom is 0.412 e. The molecule has 1 aromatic carbocycles. The summed E-state index contributed by atoms with van der Waals surface area (Å²) in [6, 6.07) is 7.21. The first kappa shape index (κ1) is 13.5. The standard InChI is InChI=1S/C15H17BrN2O2/c16-12-1-3-14(4-2-12)20-15(19)17-10-13-9-11-5-7-18(13)8-6-11/h1-4,9,11H,5-8,10H2,(H,17,19). The maximum atomic E-state index is 11.8. The van der Waals surface area contributed by atoms with Gasteiger partial charge in [0.2, 0.25) is 0 Å². The maximum absolute atomic E-state index is 11.8. The van der Waals surface area contributed by atoms with Gasteiger partial charge in [-0.3, -0.25) is 0 Å². The number of nitrogens with zero attached hydrogens (tertiary/aromatic N) is 1. The van der Waals surface area contributed by atoms with E-state index in [9.17, 15) is 4.79 Å². The van der Waals surface area contributed by atoms with E-state index in [4.69, 9.17) is 4.74 Å². The summed E-state index contributed by atoms with van der Waals surface area (Å²) in [4.78, 5) is 14.1. The average molecular weight is 337 g/mol. The van der Waals surface area contributed by atoms with Crippen LogP contribution in [-0.4, -0.2) is 30.6 Å². The second kappa shape index (κ2) is 5.87. The number of nitrogens with one attached hydrogen (secondary N) is 1. The van der Waals surface area contributed by atoms with Gasteiger partial charge in [0.25, 0.3) is 0 Å². The third-order valence-corrected chi connectivity index (χ3v) is 4.34. The number of rotatable bonds is 3. The molecule has 0 aromatic heterocycles. The highest BCUT2D eigenvalue weighted by atomic mass is 79.9. The molecule has 0 spiro atoms. The lowest BCUT2D eigenvalue weighted by molar-refractivity contribution is 0.193. The fourth-order valence-electron chi connectivity index (χ4n) is 2.71. The number of carbonyl (C=O) groups excluding carboxylic acids is 1. The van der Waals surface area contributed by atoms with Gasteiger partial charge >= 0.3 is 6.09 Å². The fraction of sp³-hybridized carbons (Fsp3) is 0.400. The van der Waals surface area contributed by atoms with Gasteiger partial charge in [-0.05, 0) is 43.0 Å². The zero-order chi connectivity index (χ0) is 13.9. The summed E-state index contributed by atoms with van der Waals surface area (Å²) in [5.41, 5.74) is 1.22. The van der Waals surface area contributed by atoms with Gasteiger partial charge in [0.05, 0.1) is 6.54 Å². The number of piperidine rings is 1. The number of hydrogen-bond acceptors (Lipinski definition) is 3. The van der Waals surface area contributed by atoms with Crippen molar-refractivity contribution in [2.75, 3.05) is 19.6 Å². The first-order valence-electron chi connectivity index (χ1n) is 6.87. The molecular weight excluding hydrogens is 320 g/mol. The molecule has 20 heavy (non-hydrogen) atoms. The second-order valence-corrected chi connectivity index (χ2v) is 6.10. The topological polar surface area (TPSA) is 41.6 Å². The minimum absolute atomic E-state index is 0.407. The van der Waals surface area contributed by atoms with Crippen LogP contribution >= 0.6 is 15.9 Å². The van der Waals surface area contributed by atoms with Crippen molar-refractivity contribution in [1.29, 1.82) is 0 Å². The van der Waals surface area contributed by atoms with E-state index in [1.54, 1.807) is 12.1 Å². The van der Waals surface area contributed by atoms with Crippen LogP contribution in [0.3, 0.4) is 0 Å². The van der Waals surface area contributed by atoms with Gasteiger partial charge in [-0.1, -0.05) is 22.0 Å². The van der Waals surface area contributed by atoms with Crippen molar-refractivity contribution in [1.82, 2.24) is 10.2 Å². The molecule has 0 unspecified atom stereocenters. The summed E-state index contributed by atoms with van der Waals surface area (Å²) in [5, 5.41) is 2.82. The van der Waals surface area contributed by atoms with Crippen molar-refractivity contribution >= 4 is 22.0 Å². The Kier molecular flexibility index (Phi) is 3.96. The van der Waals surface area contributed by atoms with Crippen LogP contribution in [0.4, 0.5) is 4.79 Å². The van der Waals surface area contributed by atoms with Crippen molar-refractivity contribution < 1.29 is 9.53 Å².